The summed E-state index contributed by atoms with van der Waals surface area (Å²) in [4.78, 5) is 42.4. The van der Waals surface area contributed by atoms with Crippen LogP contribution in [0.15, 0.2) is 24.7 Å². The van der Waals surface area contributed by atoms with Crippen LogP contribution in [0.4, 0.5) is 5.82 Å². The van der Waals surface area contributed by atoms with Crippen LogP contribution in [0.3, 0.4) is 0 Å². The van der Waals surface area contributed by atoms with Crippen molar-refractivity contribution in [2.24, 2.45) is 0 Å². The number of fused-ring (bicyclic) bond motifs is 1. The van der Waals surface area contributed by atoms with Gasteiger partial charge in [0.15, 0.2) is 17.7 Å². The fraction of sp³-hybridized carbons (Fsp3) is 0.333. The van der Waals surface area contributed by atoms with E-state index in [4.69, 9.17) is 22.1 Å². The zero-order valence-electron chi connectivity index (χ0n) is 18.3. The smallest absolute Gasteiger partial charge is 0.255 e. The Kier molecular flexibility index (Phi) is 6.60. The van der Waals surface area contributed by atoms with Crippen molar-refractivity contribution in [1.82, 2.24) is 34.7 Å². The number of hydrogen-bond donors (Lipinski definition) is 3. The van der Waals surface area contributed by atoms with E-state index >= 15 is 0 Å². The summed E-state index contributed by atoms with van der Waals surface area (Å²) >= 11 is 5.75. The number of likely N-dealkylation sites (N-methyl/N-ethyl adjacent to an activating group) is 1. The van der Waals surface area contributed by atoms with Gasteiger partial charge in [-0.2, -0.15) is 0 Å². The first-order valence-corrected chi connectivity index (χ1v) is 10.6. The number of ether oxygens (including phenoxy) is 1. The lowest BCUT2D eigenvalue weighted by molar-refractivity contribution is -0.134. The van der Waals surface area contributed by atoms with Crippen LogP contribution in [0.5, 0.6) is 0 Å². The molecule has 1 aliphatic heterocycles. The molecule has 2 amide bonds. The summed E-state index contributed by atoms with van der Waals surface area (Å²) in [5, 5.41) is 13.2. The van der Waals surface area contributed by atoms with Gasteiger partial charge in [0, 0.05) is 26.7 Å². The Labute approximate surface area is 199 Å². The van der Waals surface area contributed by atoms with E-state index in [0.717, 1.165) is 0 Å². The Morgan fingerprint density at radius 2 is 2.18 bits per heavy atom. The Morgan fingerprint density at radius 3 is 2.88 bits per heavy atom. The van der Waals surface area contributed by atoms with Gasteiger partial charge in [0.05, 0.1) is 18.4 Å². The largest absolute Gasteiger partial charge is 0.388 e. The molecule has 0 aromatic carbocycles. The topological polar surface area (TPSA) is 161 Å². The highest BCUT2D eigenvalue weighted by Crippen LogP contribution is 2.31. The molecule has 34 heavy (non-hydrogen) atoms. The molecule has 0 aliphatic carbocycles. The number of nitrogen functional groups attached to an aromatic ring is 1. The quantitative estimate of drug-likeness (QED) is 0.341. The minimum atomic E-state index is -0.951. The number of hydrogen-bond acceptors (Lipinski definition) is 9. The maximum Gasteiger partial charge on any atom is 0.255 e. The number of aliphatic hydroxyl groups is 1. The normalized spacial score (nSPS) is 19.5. The minimum absolute atomic E-state index is 0.0973. The highest BCUT2D eigenvalue weighted by Gasteiger charge is 2.39. The monoisotopic (exact) mass is 484 g/mol. The van der Waals surface area contributed by atoms with E-state index in [0.29, 0.717) is 21.9 Å². The zero-order valence-corrected chi connectivity index (χ0v) is 19.0. The maximum absolute atomic E-state index is 12.5. The molecule has 0 radical (unpaired) electrons. The minimum Gasteiger partial charge on any atom is -0.388 e. The Bertz CT molecular complexity index is 1300. The average Bonchev–Trinajstić information content (AvgIpc) is 3.42. The Balaban J connectivity index is 1.54. The summed E-state index contributed by atoms with van der Waals surface area (Å²) in [5.74, 6) is 5.23. The molecule has 3 atom stereocenters. The van der Waals surface area contributed by atoms with Crippen molar-refractivity contribution in [2.45, 2.75) is 24.9 Å². The Hall–Kier alpha value is -3.79. The van der Waals surface area contributed by atoms with Crippen molar-refractivity contribution < 1.29 is 19.4 Å². The van der Waals surface area contributed by atoms with Gasteiger partial charge >= 0.3 is 0 Å². The van der Waals surface area contributed by atoms with E-state index in [2.05, 4.69) is 37.1 Å². The molecule has 2 unspecified atom stereocenters. The van der Waals surface area contributed by atoms with Crippen LogP contribution in [0.1, 0.15) is 28.8 Å². The van der Waals surface area contributed by atoms with Crippen molar-refractivity contribution in [1.29, 1.82) is 0 Å². The van der Waals surface area contributed by atoms with Gasteiger partial charge in [-0.05, 0) is 18.1 Å². The zero-order chi connectivity index (χ0) is 24.4. The van der Waals surface area contributed by atoms with E-state index in [-0.39, 0.29) is 36.4 Å². The second kappa shape index (κ2) is 9.60. The average molecular weight is 485 g/mol. The number of carbonyl (C=O) groups excluding carboxylic acids is 2. The number of anilines is 1. The molecule has 0 spiro atoms. The van der Waals surface area contributed by atoms with Gasteiger partial charge < -0.3 is 25.8 Å². The molecule has 3 aromatic heterocycles. The molecule has 4 N–H and O–H groups in total. The van der Waals surface area contributed by atoms with E-state index in [9.17, 15) is 14.7 Å². The lowest BCUT2D eigenvalue weighted by Crippen LogP contribution is -2.31. The second-order valence-electron chi connectivity index (χ2n) is 7.52. The molecule has 1 fully saturated rings. The summed E-state index contributed by atoms with van der Waals surface area (Å²) in [6.07, 6.45) is 0.304. The van der Waals surface area contributed by atoms with Gasteiger partial charge in [-0.1, -0.05) is 17.5 Å². The fourth-order valence-electron chi connectivity index (χ4n) is 3.44. The molecule has 1 saturated heterocycles. The van der Waals surface area contributed by atoms with Gasteiger partial charge in [0.1, 0.15) is 22.9 Å². The van der Waals surface area contributed by atoms with Gasteiger partial charge in [-0.25, -0.2) is 19.9 Å². The van der Waals surface area contributed by atoms with Crippen molar-refractivity contribution in [3.63, 3.8) is 0 Å². The predicted octanol–water partition coefficient (Wildman–Crippen LogP) is -0.0250. The SMILES string of the molecule is CNC(=O)[C@@H]1CC(O)C(n2cnc3c(N)nc(C#CCN(C)C(=O)c4ccc(Cl)nc4)nc32)O1. The molecule has 0 saturated carbocycles. The Morgan fingerprint density at radius 1 is 1.38 bits per heavy atom. The van der Waals surface area contributed by atoms with Gasteiger partial charge in [0.2, 0.25) is 11.7 Å². The summed E-state index contributed by atoms with van der Waals surface area (Å²) in [7, 11) is 3.09. The fourth-order valence-corrected chi connectivity index (χ4v) is 3.56. The van der Waals surface area contributed by atoms with Gasteiger partial charge in [-0.15, -0.1) is 0 Å². The molecular formula is C21H21ClN8O4. The first-order chi connectivity index (χ1) is 16.3. The molecule has 0 bridgehead atoms. The summed E-state index contributed by atoms with van der Waals surface area (Å²) < 4.78 is 7.21. The van der Waals surface area contributed by atoms with Crippen LogP contribution in [0.25, 0.3) is 11.2 Å². The first kappa shape index (κ1) is 23.4. The van der Waals surface area contributed by atoms with E-state index in [1.807, 2.05) is 0 Å². The van der Waals surface area contributed by atoms with Crippen LogP contribution in [-0.2, 0) is 9.53 Å². The molecule has 13 heteroatoms. The molecule has 4 heterocycles. The second-order valence-corrected chi connectivity index (χ2v) is 7.91. The number of amides is 2. The third kappa shape index (κ3) is 4.62. The number of halogens is 1. The standard InChI is InChI=1S/C21H21ClN8O4/c1-24-19(32)13-8-12(31)21(34-13)30-10-26-16-17(23)27-15(28-18(16)30)4-3-7-29(2)20(33)11-5-6-14(22)25-9-11/h5-6,9-10,12-13,21,31H,7-8H2,1-2H3,(H,24,32)(H2,23,27,28)/t12?,13-,21?/m0/s1. The van der Waals surface area contributed by atoms with Gasteiger partial charge in [0.25, 0.3) is 5.91 Å². The number of nitrogens with one attached hydrogen (secondary N) is 1. The number of aliphatic hydroxyl groups excluding tert-OH is 1. The van der Waals surface area contributed by atoms with E-state index < -0.39 is 18.4 Å². The van der Waals surface area contributed by atoms with Crippen LogP contribution in [0, 0.1) is 11.8 Å². The number of nitrogens with zero attached hydrogens (tertiary/aromatic N) is 6. The number of aromatic nitrogens is 5. The predicted molar refractivity (Wildman–Crippen MR) is 121 cm³/mol. The first-order valence-electron chi connectivity index (χ1n) is 10.2. The maximum atomic E-state index is 12.5. The van der Waals surface area contributed by atoms with E-state index in [1.54, 1.807) is 13.1 Å². The van der Waals surface area contributed by atoms with Crippen molar-refractivity contribution >= 4 is 40.4 Å². The van der Waals surface area contributed by atoms with Crippen molar-refractivity contribution in [3.05, 3.63) is 41.2 Å². The lowest BCUT2D eigenvalue weighted by atomic mass is 10.2. The van der Waals surface area contributed by atoms with Crippen LogP contribution < -0.4 is 11.1 Å². The summed E-state index contributed by atoms with van der Waals surface area (Å²) in [6.45, 7) is 0.0975. The summed E-state index contributed by atoms with van der Waals surface area (Å²) in [6, 6.07) is 3.11. The summed E-state index contributed by atoms with van der Waals surface area (Å²) in [5.41, 5.74) is 7.02. The number of imidazole rings is 1. The lowest BCUT2D eigenvalue weighted by Gasteiger charge is -2.16. The number of rotatable bonds is 4. The van der Waals surface area contributed by atoms with Crippen LogP contribution in [0.2, 0.25) is 5.15 Å². The van der Waals surface area contributed by atoms with E-state index in [1.165, 1.54) is 35.1 Å². The number of pyridine rings is 1. The van der Waals surface area contributed by atoms with Crippen molar-refractivity contribution in [3.8, 4) is 11.8 Å². The number of carbonyl (C=O) groups is 2. The third-order valence-corrected chi connectivity index (χ3v) is 5.41. The molecule has 3 aromatic rings. The van der Waals surface area contributed by atoms with Crippen LogP contribution >= 0.6 is 11.6 Å². The molecule has 1 aliphatic rings. The highest BCUT2D eigenvalue weighted by molar-refractivity contribution is 6.29. The van der Waals surface area contributed by atoms with Crippen LogP contribution in [-0.4, -0.2) is 79.2 Å². The molecule has 4 rings (SSSR count). The van der Waals surface area contributed by atoms with Crippen molar-refractivity contribution in [2.75, 3.05) is 26.4 Å². The van der Waals surface area contributed by atoms with Gasteiger partial charge in [-0.3, -0.25) is 14.2 Å². The molecular weight excluding hydrogens is 464 g/mol. The molecule has 176 valence electrons. The highest BCUT2D eigenvalue weighted by atomic mass is 35.5. The molecule has 12 nitrogen and oxygen atoms in total. The third-order valence-electron chi connectivity index (χ3n) is 5.19. The number of nitrogens with two attached hydrogens (primary N) is 1.